The van der Waals surface area contributed by atoms with Crippen molar-refractivity contribution in [2.24, 2.45) is 17.2 Å². The lowest BCUT2D eigenvalue weighted by molar-refractivity contribution is -0.169. The predicted molar refractivity (Wildman–Crippen MR) is 103 cm³/mol. The average molecular weight is 400 g/mol. The molecule has 2 atom stereocenters. The number of ketones is 1. The zero-order valence-electron chi connectivity index (χ0n) is 16.5. The summed E-state index contributed by atoms with van der Waals surface area (Å²) in [6.45, 7) is 2.78. The predicted octanol–water partition coefficient (Wildman–Crippen LogP) is -1.12. The highest BCUT2D eigenvalue weighted by atomic mass is 16.4. The molecule has 0 aliphatic heterocycles. The molecule has 11 nitrogen and oxygen atoms in total. The quantitative estimate of drug-likeness (QED) is 0.0956. The second-order valence-electron chi connectivity index (χ2n) is 6.69. The summed E-state index contributed by atoms with van der Waals surface area (Å²) < 4.78 is 0. The van der Waals surface area contributed by atoms with Crippen molar-refractivity contribution in [1.82, 2.24) is 10.2 Å². The SMILES string of the molecule is CC(=O)[C@](C)(C(=O)O)N(C(=O)CCCCCN)C(=O)[C@@H](N)CCCNC(=N)N. The van der Waals surface area contributed by atoms with Gasteiger partial charge in [0.05, 0.1) is 6.04 Å². The van der Waals surface area contributed by atoms with Crippen LogP contribution in [0, 0.1) is 5.41 Å². The molecule has 0 aromatic heterocycles. The number of imide groups is 1. The number of carbonyl (C=O) groups is 4. The molecule has 0 saturated heterocycles. The van der Waals surface area contributed by atoms with Gasteiger partial charge < -0.3 is 27.6 Å². The Balaban J connectivity index is 5.43. The van der Waals surface area contributed by atoms with E-state index < -0.39 is 35.1 Å². The first-order valence-electron chi connectivity index (χ1n) is 9.15. The van der Waals surface area contributed by atoms with Gasteiger partial charge in [-0.25, -0.2) is 4.79 Å². The number of Topliss-reactive ketones (excluding diaryl/α,β-unsaturated/α-hetero) is 1. The number of nitrogens with two attached hydrogens (primary N) is 3. The summed E-state index contributed by atoms with van der Waals surface area (Å²) in [6.07, 6.45) is 2.11. The monoisotopic (exact) mass is 400 g/mol. The van der Waals surface area contributed by atoms with Gasteiger partial charge in [0.15, 0.2) is 11.7 Å². The second-order valence-corrected chi connectivity index (χ2v) is 6.69. The molecule has 0 saturated carbocycles. The lowest BCUT2D eigenvalue weighted by atomic mass is 9.92. The normalized spacial score (nSPS) is 13.9. The van der Waals surface area contributed by atoms with Crippen molar-refractivity contribution in [2.45, 2.75) is 64.0 Å². The molecule has 0 heterocycles. The molecular weight excluding hydrogens is 368 g/mol. The zero-order valence-corrected chi connectivity index (χ0v) is 16.5. The fraction of sp³-hybridized carbons (Fsp3) is 0.706. The number of carboxylic acids is 1. The number of nitrogens with zero attached hydrogens (tertiary/aromatic N) is 1. The molecular formula is C17H32N6O5. The largest absolute Gasteiger partial charge is 0.479 e. The number of nitrogens with one attached hydrogen (secondary N) is 2. The molecule has 28 heavy (non-hydrogen) atoms. The van der Waals surface area contributed by atoms with Crippen LogP contribution < -0.4 is 22.5 Å². The minimum atomic E-state index is -2.34. The maximum absolute atomic E-state index is 12.8. The molecule has 0 aliphatic carbocycles. The van der Waals surface area contributed by atoms with Crippen molar-refractivity contribution in [3.63, 3.8) is 0 Å². The van der Waals surface area contributed by atoms with E-state index in [0.29, 0.717) is 37.1 Å². The molecule has 0 radical (unpaired) electrons. The number of unbranched alkanes of at least 4 members (excludes halogenated alkanes) is 2. The van der Waals surface area contributed by atoms with Crippen LogP contribution in [0.4, 0.5) is 0 Å². The number of carbonyl (C=O) groups excluding carboxylic acids is 3. The van der Waals surface area contributed by atoms with Crippen LogP contribution in [-0.4, -0.2) is 64.2 Å². The summed E-state index contributed by atoms with van der Waals surface area (Å²) in [7, 11) is 0. The van der Waals surface area contributed by atoms with Crippen molar-refractivity contribution in [3.8, 4) is 0 Å². The highest BCUT2D eigenvalue weighted by Crippen LogP contribution is 2.21. The fourth-order valence-electron chi connectivity index (χ4n) is 2.54. The van der Waals surface area contributed by atoms with E-state index >= 15 is 0 Å². The first kappa shape index (κ1) is 25.5. The minimum absolute atomic E-state index is 0.0967. The molecule has 9 N–H and O–H groups in total. The fourth-order valence-corrected chi connectivity index (χ4v) is 2.54. The second kappa shape index (κ2) is 12.0. The minimum Gasteiger partial charge on any atom is -0.479 e. The van der Waals surface area contributed by atoms with Crippen LogP contribution in [0.5, 0.6) is 0 Å². The van der Waals surface area contributed by atoms with Crippen molar-refractivity contribution in [2.75, 3.05) is 13.1 Å². The smallest absolute Gasteiger partial charge is 0.337 e. The van der Waals surface area contributed by atoms with Crippen LogP contribution in [0.25, 0.3) is 0 Å². The Labute approximate surface area is 164 Å². The van der Waals surface area contributed by atoms with Gasteiger partial charge in [-0.05, 0) is 46.1 Å². The maximum Gasteiger partial charge on any atom is 0.337 e. The van der Waals surface area contributed by atoms with E-state index in [0.717, 1.165) is 13.8 Å². The van der Waals surface area contributed by atoms with Crippen LogP contribution >= 0.6 is 0 Å². The van der Waals surface area contributed by atoms with E-state index in [1.807, 2.05) is 0 Å². The first-order valence-corrected chi connectivity index (χ1v) is 9.15. The van der Waals surface area contributed by atoms with Crippen LogP contribution in [-0.2, 0) is 19.2 Å². The van der Waals surface area contributed by atoms with Crippen molar-refractivity contribution in [1.29, 1.82) is 5.41 Å². The van der Waals surface area contributed by atoms with E-state index in [4.69, 9.17) is 22.6 Å². The third-order valence-corrected chi connectivity index (χ3v) is 4.44. The van der Waals surface area contributed by atoms with Gasteiger partial charge in [-0.15, -0.1) is 0 Å². The maximum atomic E-state index is 12.8. The van der Waals surface area contributed by atoms with Crippen molar-refractivity contribution in [3.05, 3.63) is 0 Å². The van der Waals surface area contributed by atoms with Crippen molar-refractivity contribution >= 4 is 29.5 Å². The Hall–Kier alpha value is -2.53. The summed E-state index contributed by atoms with van der Waals surface area (Å²) in [5.74, 6) is -4.38. The standard InChI is InChI=1S/C17H32N6O5/c1-11(24)17(2,15(27)28)23(13(25)8-4-3-5-9-18)14(26)12(19)7-6-10-22-16(20)21/h12H,3-10,18-19H2,1-2H3,(H,27,28)(H4,20,21,22)/t12-,17+/m0/s1. The van der Waals surface area contributed by atoms with Crippen LogP contribution in [0.15, 0.2) is 0 Å². The highest BCUT2D eigenvalue weighted by Gasteiger charge is 2.50. The molecule has 0 spiro atoms. The molecule has 0 rings (SSSR count). The summed E-state index contributed by atoms with van der Waals surface area (Å²) in [5.41, 5.74) is 14.1. The Kier molecular flexibility index (Phi) is 10.9. The number of guanidine groups is 1. The van der Waals surface area contributed by atoms with E-state index in [2.05, 4.69) is 5.32 Å². The lowest BCUT2D eigenvalue weighted by Crippen LogP contribution is -2.64. The number of carboxylic acid groups (broad SMARTS) is 1. The zero-order chi connectivity index (χ0) is 21.9. The lowest BCUT2D eigenvalue weighted by Gasteiger charge is -2.36. The van der Waals surface area contributed by atoms with Gasteiger partial charge in [-0.1, -0.05) is 6.42 Å². The van der Waals surface area contributed by atoms with Gasteiger partial charge in [0.1, 0.15) is 0 Å². The molecule has 11 heteroatoms. The molecule has 0 aromatic carbocycles. The number of hydrogen-bond acceptors (Lipinski definition) is 7. The summed E-state index contributed by atoms with van der Waals surface area (Å²) in [4.78, 5) is 49.8. The van der Waals surface area contributed by atoms with Gasteiger partial charge in [0.2, 0.25) is 17.4 Å². The third kappa shape index (κ3) is 7.24. The Morgan fingerprint density at radius 3 is 2.25 bits per heavy atom. The van der Waals surface area contributed by atoms with Gasteiger partial charge in [0, 0.05) is 13.0 Å². The van der Waals surface area contributed by atoms with Crippen LogP contribution in [0.1, 0.15) is 52.4 Å². The highest BCUT2D eigenvalue weighted by molar-refractivity contribution is 6.14. The van der Waals surface area contributed by atoms with Gasteiger partial charge in [-0.2, -0.15) is 0 Å². The Morgan fingerprint density at radius 1 is 1.18 bits per heavy atom. The molecule has 2 amide bonds. The Bertz CT molecular complexity index is 581. The summed E-state index contributed by atoms with van der Waals surface area (Å²) in [5, 5.41) is 19.2. The number of aliphatic carboxylic acids is 1. The number of amides is 2. The third-order valence-electron chi connectivity index (χ3n) is 4.44. The van der Waals surface area contributed by atoms with Gasteiger partial charge in [0.25, 0.3) is 0 Å². The van der Waals surface area contributed by atoms with Crippen LogP contribution in [0.2, 0.25) is 0 Å². The average Bonchev–Trinajstić information content (AvgIpc) is 2.61. The molecule has 0 bridgehead atoms. The Morgan fingerprint density at radius 2 is 1.79 bits per heavy atom. The number of hydrogen-bond donors (Lipinski definition) is 6. The topological polar surface area (TPSA) is 206 Å². The molecule has 0 aliphatic rings. The number of rotatable bonds is 13. The van der Waals surface area contributed by atoms with Crippen LogP contribution in [0.3, 0.4) is 0 Å². The van der Waals surface area contributed by atoms with E-state index in [9.17, 15) is 24.3 Å². The van der Waals surface area contributed by atoms with Gasteiger partial charge >= 0.3 is 5.97 Å². The van der Waals surface area contributed by atoms with Gasteiger partial charge in [-0.3, -0.25) is 24.7 Å². The van der Waals surface area contributed by atoms with Crippen molar-refractivity contribution < 1.29 is 24.3 Å². The van der Waals surface area contributed by atoms with E-state index in [-0.39, 0.29) is 25.3 Å². The van der Waals surface area contributed by atoms with E-state index in [1.54, 1.807) is 0 Å². The van der Waals surface area contributed by atoms with E-state index in [1.165, 1.54) is 0 Å². The molecule has 0 fully saturated rings. The first-order chi connectivity index (χ1) is 13.0. The molecule has 0 unspecified atom stereocenters. The molecule has 0 aromatic rings. The molecule has 160 valence electrons. The summed E-state index contributed by atoms with van der Waals surface area (Å²) in [6, 6.07) is -1.18. The summed E-state index contributed by atoms with van der Waals surface area (Å²) >= 11 is 0.